The maximum absolute atomic E-state index is 4.48. The molecule has 2 N–H and O–H groups in total. The third kappa shape index (κ3) is 2.95. The van der Waals surface area contributed by atoms with Gasteiger partial charge in [0, 0.05) is 18.0 Å². The van der Waals surface area contributed by atoms with Crippen LogP contribution in [0.25, 0.3) is 0 Å². The smallest absolute Gasteiger partial charge is 0.191 e. The molecule has 0 saturated heterocycles. The van der Waals surface area contributed by atoms with Crippen molar-refractivity contribution in [3.8, 4) is 0 Å². The Labute approximate surface area is 100 Å². The number of thiazole rings is 1. The number of nitrogens with zero attached hydrogens (tertiary/aromatic N) is 2. The monoisotopic (exact) mass is 238 g/mol. The van der Waals surface area contributed by atoms with Crippen molar-refractivity contribution in [1.82, 2.24) is 15.6 Å². The Morgan fingerprint density at radius 3 is 2.75 bits per heavy atom. The summed E-state index contributed by atoms with van der Waals surface area (Å²) in [7, 11) is 1.80. The van der Waals surface area contributed by atoms with Gasteiger partial charge < -0.3 is 10.6 Å². The molecule has 16 heavy (non-hydrogen) atoms. The molecule has 0 amide bonds. The SMILES string of the molecule is CN=C(NCc1nc(C)c(C)s1)NC1CC1. The molecule has 0 aliphatic heterocycles. The zero-order valence-electron chi connectivity index (χ0n) is 10.0. The lowest BCUT2D eigenvalue weighted by Crippen LogP contribution is -2.38. The van der Waals surface area contributed by atoms with E-state index in [0.717, 1.165) is 23.2 Å². The van der Waals surface area contributed by atoms with Crippen LogP contribution in [0, 0.1) is 13.8 Å². The number of hydrogen-bond donors (Lipinski definition) is 2. The summed E-state index contributed by atoms with van der Waals surface area (Å²) in [5.74, 6) is 0.882. The van der Waals surface area contributed by atoms with Crippen LogP contribution >= 0.6 is 11.3 Å². The maximum Gasteiger partial charge on any atom is 0.191 e. The summed E-state index contributed by atoms with van der Waals surface area (Å²) in [6, 6.07) is 0.631. The van der Waals surface area contributed by atoms with Crippen molar-refractivity contribution in [3.63, 3.8) is 0 Å². The quantitative estimate of drug-likeness (QED) is 0.621. The molecule has 1 aliphatic carbocycles. The molecule has 0 spiro atoms. The van der Waals surface area contributed by atoms with Crippen molar-refractivity contribution in [1.29, 1.82) is 0 Å². The topological polar surface area (TPSA) is 49.3 Å². The van der Waals surface area contributed by atoms with E-state index in [4.69, 9.17) is 0 Å². The third-order valence-corrected chi connectivity index (χ3v) is 3.69. The van der Waals surface area contributed by atoms with Crippen molar-refractivity contribution in [3.05, 3.63) is 15.6 Å². The van der Waals surface area contributed by atoms with E-state index in [2.05, 4.69) is 27.5 Å². The highest BCUT2D eigenvalue weighted by Gasteiger charge is 2.22. The molecule has 5 heteroatoms. The van der Waals surface area contributed by atoms with Crippen molar-refractivity contribution in [2.45, 2.75) is 39.3 Å². The van der Waals surface area contributed by atoms with Gasteiger partial charge in [-0.05, 0) is 26.7 Å². The molecule has 1 saturated carbocycles. The summed E-state index contributed by atoms with van der Waals surface area (Å²) in [5, 5.41) is 7.75. The lowest BCUT2D eigenvalue weighted by Gasteiger charge is -2.09. The van der Waals surface area contributed by atoms with Gasteiger partial charge in [0.15, 0.2) is 5.96 Å². The molecule has 0 bridgehead atoms. The Morgan fingerprint density at radius 1 is 1.50 bits per heavy atom. The van der Waals surface area contributed by atoms with Crippen molar-refractivity contribution in [2.75, 3.05) is 7.05 Å². The van der Waals surface area contributed by atoms with Crippen LogP contribution in [0.3, 0.4) is 0 Å². The maximum atomic E-state index is 4.48. The van der Waals surface area contributed by atoms with Gasteiger partial charge in [-0.1, -0.05) is 0 Å². The van der Waals surface area contributed by atoms with Gasteiger partial charge >= 0.3 is 0 Å². The molecule has 2 rings (SSSR count). The average molecular weight is 238 g/mol. The minimum Gasteiger partial charge on any atom is -0.354 e. The van der Waals surface area contributed by atoms with Crippen molar-refractivity contribution >= 4 is 17.3 Å². The molecule has 0 atom stereocenters. The highest BCUT2D eigenvalue weighted by molar-refractivity contribution is 7.11. The van der Waals surface area contributed by atoms with Crippen LogP contribution in [0.1, 0.15) is 28.4 Å². The standard InChI is InChI=1S/C11H18N4S/c1-7-8(2)16-10(14-7)6-13-11(12-3)15-9-4-5-9/h9H,4-6H2,1-3H3,(H2,12,13,15). The van der Waals surface area contributed by atoms with Crippen LogP contribution in [-0.4, -0.2) is 24.0 Å². The lowest BCUT2D eigenvalue weighted by atomic mass is 10.4. The molecule has 4 nitrogen and oxygen atoms in total. The summed E-state index contributed by atoms with van der Waals surface area (Å²) in [5.41, 5.74) is 1.13. The first-order valence-corrected chi connectivity index (χ1v) is 6.41. The molecule has 1 aromatic rings. The molecule has 0 unspecified atom stereocenters. The Kier molecular flexibility index (Phi) is 3.43. The van der Waals surface area contributed by atoms with Gasteiger partial charge in [0.05, 0.1) is 12.2 Å². The fourth-order valence-electron chi connectivity index (χ4n) is 1.39. The van der Waals surface area contributed by atoms with Gasteiger partial charge in [-0.15, -0.1) is 11.3 Å². The fourth-order valence-corrected chi connectivity index (χ4v) is 2.26. The Morgan fingerprint density at radius 2 is 2.25 bits per heavy atom. The molecule has 1 heterocycles. The van der Waals surface area contributed by atoms with Crippen LogP contribution in [0.15, 0.2) is 4.99 Å². The van der Waals surface area contributed by atoms with Gasteiger partial charge in [0.2, 0.25) is 0 Å². The van der Waals surface area contributed by atoms with E-state index in [1.807, 2.05) is 6.92 Å². The van der Waals surface area contributed by atoms with Gasteiger partial charge in [-0.25, -0.2) is 4.98 Å². The molecule has 1 fully saturated rings. The zero-order valence-corrected chi connectivity index (χ0v) is 10.8. The molecule has 0 radical (unpaired) electrons. The molecule has 0 aromatic carbocycles. The minimum absolute atomic E-state index is 0.631. The molecular weight excluding hydrogens is 220 g/mol. The van der Waals surface area contributed by atoms with Crippen molar-refractivity contribution in [2.24, 2.45) is 4.99 Å². The van der Waals surface area contributed by atoms with Gasteiger partial charge in [0.25, 0.3) is 0 Å². The van der Waals surface area contributed by atoms with Crippen LogP contribution in [0.4, 0.5) is 0 Å². The number of hydrogen-bond acceptors (Lipinski definition) is 3. The Hall–Kier alpha value is -1.10. The Bertz CT molecular complexity index is 373. The first-order valence-electron chi connectivity index (χ1n) is 5.59. The Balaban J connectivity index is 1.85. The fraction of sp³-hybridized carbons (Fsp3) is 0.636. The zero-order chi connectivity index (χ0) is 11.5. The average Bonchev–Trinajstić information content (AvgIpc) is 3.01. The first kappa shape index (κ1) is 11.4. The number of aromatic nitrogens is 1. The van der Waals surface area contributed by atoms with E-state index < -0.39 is 0 Å². The predicted octanol–water partition coefficient (Wildman–Crippen LogP) is 1.59. The summed E-state index contributed by atoms with van der Waals surface area (Å²) < 4.78 is 0. The summed E-state index contributed by atoms with van der Waals surface area (Å²) >= 11 is 1.74. The molecule has 88 valence electrons. The number of aryl methyl sites for hydroxylation is 2. The van der Waals surface area contributed by atoms with Crippen LogP contribution in [0.5, 0.6) is 0 Å². The third-order valence-electron chi connectivity index (χ3n) is 2.62. The number of nitrogens with one attached hydrogen (secondary N) is 2. The second kappa shape index (κ2) is 4.82. The van der Waals surface area contributed by atoms with E-state index in [1.54, 1.807) is 18.4 Å². The summed E-state index contributed by atoms with van der Waals surface area (Å²) in [4.78, 5) is 9.96. The minimum atomic E-state index is 0.631. The second-order valence-electron chi connectivity index (χ2n) is 4.09. The van der Waals surface area contributed by atoms with Crippen LogP contribution < -0.4 is 10.6 Å². The summed E-state index contributed by atoms with van der Waals surface area (Å²) in [6.07, 6.45) is 2.52. The van der Waals surface area contributed by atoms with E-state index in [0.29, 0.717) is 6.04 Å². The van der Waals surface area contributed by atoms with E-state index in [9.17, 15) is 0 Å². The van der Waals surface area contributed by atoms with Gasteiger partial charge in [-0.2, -0.15) is 0 Å². The normalized spacial score (nSPS) is 16.3. The highest BCUT2D eigenvalue weighted by Crippen LogP contribution is 2.18. The molecule has 1 aliphatic rings. The first-order chi connectivity index (χ1) is 7.69. The van der Waals surface area contributed by atoms with E-state index >= 15 is 0 Å². The van der Waals surface area contributed by atoms with E-state index in [1.165, 1.54) is 17.7 Å². The second-order valence-corrected chi connectivity index (χ2v) is 5.38. The van der Waals surface area contributed by atoms with Crippen LogP contribution in [-0.2, 0) is 6.54 Å². The largest absolute Gasteiger partial charge is 0.354 e. The molecular formula is C11H18N4S. The number of aliphatic imine (C=N–C) groups is 1. The highest BCUT2D eigenvalue weighted by atomic mass is 32.1. The van der Waals surface area contributed by atoms with Gasteiger partial charge in [0.1, 0.15) is 5.01 Å². The number of guanidine groups is 1. The van der Waals surface area contributed by atoms with Crippen molar-refractivity contribution < 1.29 is 0 Å². The van der Waals surface area contributed by atoms with E-state index in [-0.39, 0.29) is 0 Å². The molecule has 1 aromatic heterocycles. The summed E-state index contributed by atoms with van der Waals surface area (Å²) in [6.45, 7) is 4.91. The van der Waals surface area contributed by atoms with Gasteiger partial charge in [-0.3, -0.25) is 4.99 Å². The number of rotatable bonds is 3. The lowest BCUT2D eigenvalue weighted by molar-refractivity contribution is 0.800. The predicted molar refractivity (Wildman–Crippen MR) is 67.9 cm³/mol. The van der Waals surface area contributed by atoms with Crippen LogP contribution in [0.2, 0.25) is 0 Å².